The number of anilines is 2. The number of sulfonamides is 1. The number of halogens is 3. The van der Waals surface area contributed by atoms with Crippen molar-refractivity contribution in [1.82, 2.24) is 4.57 Å². The number of hydrogen-bond donors (Lipinski definition) is 2. The van der Waals surface area contributed by atoms with Crippen molar-refractivity contribution in [1.29, 1.82) is 0 Å². The summed E-state index contributed by atoms with van der Waals surface area (Å²) in [5.74, 6) is -4.18. The van der Waals surface area contributed by atoms with Crippen LogP contribution >= 0.6 is 34.4 Å². The van der Waals surface area contributed by atoms with Gasteiger partial charge in [-0.2, -0.15) is 13.2 Å². The third-order valence-corrected chi connectivity index (χ3v) is 11.6. The summed E-state index contributed by atoms with van der Waals surface area (Å²) in [5, 5.41) is 8.53. The molecular formula is C27H19F3N4O6S4. The van der Waals surface area contributed by atoms with Crippen LogP contribution in [0.3, 0.4) is 0 Å². The van der Waals surface area contributed by atoms with Gasteiger partial charge < -0.3 is 5.32 Å². The molecule has 2 aromatic carbocycles. The number of nitrogens with zero attached hydrogens (tertiary/aromatic N) is 2. The Hall–Kier alpha value is -3.77. The van der Waals surface area contributed by atoms with Crippen LogP contribution in [-0.2, 0) is 37.1 Å². The highest BCUT2D eigenvalue weighted by Crippen LogP contribution is 2.55. The first kappa shape index (κ1) is 30.3. The maximum atomic E-state index is 13.9. The minimum atomic E-state index is -4.82. The normalized spacial score (nSPS) is 20.0. The number of aromatic nitrogens is 1. The number of primary sulfonamides is 1. The summed E-state index contributed by atoms with van der Waals surface area (Å²) >= 11 is 2.96. The van der Waals surface area contributed by atoms with Crippen molar-refractivity contribution < 1.29 is 36.0 Å². The van der Waals surface area contributed by atoms with Crippen LogP contribution in [-0.4, -0.2) is 36.0 Å². The highest BCUT2D eigenvalue weighted by Gasteiger charge is 2.58. The zero-order valence-electron chi connectivity index (χ0n) is 22.0. The van der Waals surface area contributed by atoms with E-state index in [1.54, 1.807) is 17.5 Å². The van der Waals surface area contributed by atoms with Gasteiger partial charge in [0.15, 0.2) is 0 Å². The Morgan fingerprint density at radius 2 is 1.68 bits per heavy atom. The van der Waals surface area contributed by atoms with Gasteiger partial charge in [0.05, 0.1) is 27.1 Å². The molecule has 3 N–H and O–H groups in total. The summed E-state index contributed by atoms with van der Waals surface area (Å²) in [6.07, 6.45) is -4.82. The summed E-state index contributed by atoms with van der Waals surface area (Å²) in [4.78, 5) is 54.7. The monoisotopic (exact) mass is 680 g/mol. The zero-order chi connectivity index (χ0) is 31.6. The summed E-state index contributed by atoms with van der Waals surface area (Å²) in [6, 6.07) is 12.9. The number of carbonyl (C=O) groups excluding carboxylic acids is 3. The molecule has 0 radical (unpaired) electrons. The maximum absolute atomic E-state index is 13.9. The molecule has 0 saturated carbocycles. The first-order valence-electron chi connectivity index (χ1n) is 12.7. The van der Waals surface area contributed by atoms with Crippen molar-refractivity contribution in [2.75, 3.05) is 10.2 Å². The zero-order valence-corrected chi connectivity index (χ0v) is 25.2. The van der Waals surface area contributed by atoms with Crippen LogP contribution in [0.2, 0.25) is 0 Å². The van der Waals surface area contributed by atoms with Gasteiger partial charge in [0.25, 0.3) is 0 Å². The first-order chi connectivity index (χ1) is 20.8. The Kier molecular flexibility index (Phi) is 7.56. The summed E-state index contributed by atoms with van der Waals surface area (Å²) in [7, 11) is -3.95. The van der Waals surface area contributed by atoms with Gasteiger partial charge in [0.2, 0.25) is 27.7 Å². The molecule has 0 bridgehead atoms. The number of carbonyl (C=O) groups is 3. The lowest BCUT2D eigenvalue weighted by Gasteiger charge is -2.29. The lowest BCUT2D eigenvalue weighted by Crippen LogP contribution is -2.33. The largest absolute Gasteiger partial charge is 0.418 e. The number of rotatable bonds is 6. The highest BCUT2D eigenvalue weighted by molar-refractivity contribution is 8.00. The summed E-state index contributed by atoms with van der Waals surface area (Å²) in [6.45, 7) is -0.480. The third-order valence-electron chi connectivity index (χ3n) is 7.12. The minimum absolute atomic E-state index is 0.160. The lowest BCUT2D eigenvalue weighted by atomic mass is 9.87. The maximum Gasteiger partial charge on any atom is 0.418 e. The van der Waals surface area contributed by atoms with E-state index in [1.165, 1.54) is 52.3 Å². The first-order valence-corrected chi connectivity index (χ1v) is 16.8. The quantitative estimate of drug-likeness (QED) is 0.292. The van der Waals surface area contributed by atoms with Crippen LogP contribution in [0.1, 0.15) is 21.2 Å². The van der Waals surface area contributed by atoms with Gasteiger partial charge in [0.1, 0.15) is 11.8 Å². The molecule has 4 aromatic rings. The number of imide groups is 1. The molecule has 2 unspecified atom stereocenters. The van der Waals surface area contributed by atoms with Crippen molar-refractivity contribution in [2.24, 2.45) is 11.1 Å². The fourth-order valence-electron chi connectivity index (χ4n) is 5.25. The topological polar surface area (TPSA) is 149 Å². The smallest absolute Gasteiger partial charge is 0.325 e. The Bertz CT molecular complexity index is 1970. The molecule has 44 heavy (non-hydrogen) atoms. The van der Waals surface area contributed by atoms with Crippen molar-refractivity contribution in [2.45, 2.75) is 33.8 Å². The minimum Gasteiger partial charge on any atom is -0.325 e. The number of thiazole rings is 1. The summed E-state index contributed by atoms with van der Waals surface area (Å²) < 4.78 is 65.8. The molecule has 3 atom stereocenters. The molecule has 4 heterocycles. The van der Waals surface area contributed by atoms with E-state index < -0.39 is 73.7 Å². The average molecular weight is 681 g/mol. The Balaban J connectivity index is 1.36. The van der Waals surface area contributed by atoms with E-state index in [1.807, 2.05) is 0 Å². The number of para-hydroxylation sites is 1. The molecule has 10 nitrogen and oxygen atoms in total. The molecule has 0 spiro atoms. The fourth-order valence-corrected chi connectivity index (χ4v) is 9.48. The van der Waals surface area contributed by atoms with E-state index in [-0.39, 0.29) is 15.6 Å². The molecule has 6 rings (SSSR count). The number of thiophene rings is 1. The van der Waals surface area contributed by atoms with Crippen molar-refractivity contribution >= 4 is 73.6 Å². The van der Waals surface area contributed by atoms with Crippen molar-refractivity contribution in [3.05, 3.63) is 91.0 Å². The highest BCUT2D eigenvalue weighted by atomic mass is 32.2. The Morgan fingerprint density at radius 3 is 2.32 bits per heavy atom. The molecule has 3 amide bonds. The SMILES string of the molecule is NS(=O)(=O)c1ccc(NC(=O)Cn2c3c(sc2=O)[C@H](c2cccs2)C2C(=O)N(c4ccccc4C(F)(F)F)C(=O)C2S3)cc1. The molecule has 228 valence electrons. The van der Waals surface area contributed by atoms with Crippen LogP contribution < -0.4 is 20.2 Å². The van der Waals surface area contributed by atoms with Gasteiger partial charge in [-0.15, -0.1) is 11.3 Å². The lowest BCUT2D eigenvalue weighted by molar-refractivity contribution is -0.137. The standard InChI is InChI=1S/C27H19F3N4O6S4/c28-27(29,30)15-4-1-2-5-16(15)34-23(36)20-19(17-6-3-11-41-17)22-25(42-21(20)24(34)37)33(26(38)43-22)12-18(35)32-13-7-9-14(10-8-13)44(31,39)40/h1-11,19-21H,12H2,(H,32,35)(H2,31,39,40)/t19-,20?,21?/m1/s1. The second kappa shape index (κ2) is 11.0. The predicted molar refractivity (Wildman–Crippen MR) is 158 cm³/mol. The van der Waals surface area contributed by atoms with Crippen LogP contribution in [0.25, 0.3) is 0 Å². The van der Waals surface area contributed by atoms with Crippen LogP contribution in [0.4, 0.5) is 24.5 Å². The number of alkyl halides is 3. The van der Waals surface area contributed by atoms with Crippen molar-refractivity contribution in [3.8, 4) is 0 Å². The number of fused-ring (bicyclic) bond motifs is 2. The van der Waals surface area contributed by atoms with Gasteiger partial charge in [0, 0.05) is 21.4 Å². The number of benzene rings is 2. The van der Waals surface area contributed by atoms with Gasteiger partial charge in [-0.05, 0) is 47.8 Å². The predicted octanol–water partition coefficient (Wildman–Crippen LogP) is 4.07. The van der Waals surface area contributed by atoms with Crippen LogP contribution in [0, 0.1) is 5.92 Å². The Labute approximate surface area is 259 Å². The molecule has 2 aromatic heterocycles. The number of hydrogen-bond acceptors (Lipinski definition) is 9. The summed E-state index contributed by atoms with van der Waals surface area (Å²) in [5.41, 5.74) is -1.46. The van der Waals surface area contributed by atoms with E-state index in [4.69, 9.17) is 5.14 Å². The second-order valence-corrected chi connectivity index (χ2v) is 14.5. The number of thioether (sulfide) groups is 1. The van der Waals surface area contributed by atoms with Gasteiger partial charge in [-0.1, -0.05) is 41.3 Å². The van der Waals surface area contributed by atoms with Crippen molar-refractivity contribution in [3.63, 3.8) is 0 Å². The van der Waals surface area contributed by atoms with E-state index in [0.717, 1.165) is 35.2 Å². The Morgan fingerprint density at radius 1 is 0.977 bits per heavy atom. The van der Waals surface area contributed by atoms with Gasteiger partial charge in [-0.25, -0.2) is 18.5 Å². The molecule has 17 heteroatoms. The van der Waals surface area contributed by atoms with Gasteiger partial charge in [-0.3, -0.25) is 23.7 Å². The molecule has 1 saturated heterocycles. The average Bonchev–Trinajstić information content (AvgIpc) is 3.65. The van der Waals surface area contributed by atoms with E-state index in [9.17, 15) is 40.8 Å². The third kappa shape index (κ3) is 5.27. The number of nitrogens with two attached hydrogens (primary N) is 1. The molecular weight excluding hydrogens is 662 g/mol. The molecule has 1 fully saturated rings. The molecule has 0 aliphatic carbocycles. The molecule has 2 aliphatic rings. The number of amides is 3. The second-order valence-electron chi connectivity index (χ2n) is 9.83. The fraction of sp³-hybridized carbons (Fsp3) is 0.185. The van der Waals surface area contributed by atoms with Crippen LogP contribution in [0.5, 0.6) is 0 Å². The van der Waals surface area contributed by atoms with E-state index >= 15 is 0 Å². The van der Waals surface area contributed by atoms with E-state index in [2.05, 4.69) is 5.32 Å². The van der Waals surface area contributed by atoms with Crippen LogP contribution in [0.15, 0.2) is 80.8 Å². The van der Waals surface area contributed by atoms with Gasteiger partial charge >= 0.3 is 11.0 Å². The van der Waals surface area contributed by atoms with E-state index in [0.29, 0.717) is 14.7 Å². The number of nitrogens with one attached hydrogen (secondary N) is 1. The molecule has 2 aliphatic heterocycles.